The van der Waals surface area contributed by atoms with E-state index in [1.54, 1.807) is 12.1 Å². The van der Waals surface area contributed by atoms with Crippen LogP contribution in [0, 0.1) is 10.1 Å². The topological polar surface area (TPSA) is 105 Å². The Morgan fingerprint density at radius 3 is 2.55 bits per heavy atom. The van der Waals surface area contributed by atoms with Gasteiger partial charge in [0.05, 0.1) is 11.5 Å². The quantitative estimate of drug-likeness (QED) is 0.535. The highest BCUT2D eigenvalue weighted by atomic mass is 16.6. The molecule has 2 aromatic rings. The first-order valence-corrected chi connectivity index (χ1v) is 9.88. The second-order valence-electron chi connectivity index (χ2n) is 7.35. The Kier molecular flexibility index (Phi) is 6.95. The van der Waals surface area contributed by atoms with E-state index >= 15 is 0 Å². The molecule has 0 saturated carbocycles. The fourth-order valence-electron chi connectivity index (χ4n) is 3.25. The van der Waals surface area contributed by atoms with Crippen LogP contribution in [0.3, 0.4) is 0 Å². The van der Waals surface area contributed by atoms with Crippen molar-refractivity contribution in [3.8, 4) is 0 Å². The minimum absolute atomic E-state index is 0.0937. The standard InChI is InChI=1S/C20H27N5O4/c1-3-15(2)21-20(26)17-14-29-19(22-17)13-24-10-8-23(9-11-24)12-16-6-4-5-7-18(16)25(27)28/h4-7,14-15H,3,8-13H2,1-2H3,(H,21,26)/t15-/m1/s1. The Labute approximate surface area is 169 Å². The maximum atomic E-state index is 12.1. The number of para-hydroxylation sites is 1. The third-order valence-corrected chi connectivity index (χ3v) is 5.18. The van der Waals surface area contributed by atoms with Gasteiger partial charge in [-0.25, -0.2) is 4.98 Å². The van der Waals surface area contributed by atoms with Gasteiger partial charge in [0.15, 0.2) is 5.69 Å². The Hall–Kier alpha value is -2.78. The molecule has 29 heavy (non-hydrogen) atoms. The maximum absolute atomic E-state index is 12.1. The molecule has 3 rings (SSSR count). The molecule has 1 atom stereocenters. The number of nitro benzene ring substituents is 1. The molecular formula is C20H27N5O4. The van der Waals surface area contributed by atoms with Crippen molar-refractivity contribution in [1.82, 2.24) is 20.1 Å². The first-order valence-electron chi connectivity index (χ1n) is 9.88. The number of rotatable bonds is 8. The molecular weight excluding hydrogens is 374 g/mol. The van der Waals surface area contributed by atoms with Gasteiger partial charge in [-0.3, -0.25) is 24.7 Å². The molecule has 1 N–H and O–H groups in total. The molecule has 1 aromatic heterocycles. The van der Waals surface area contributed by atoms with Gasteiger partial charge >= 0.3 is 0 Å². The molecule has 9 nitrogen and oxygen atoms in total. The number of aromatic nitrogens is 1. The van der Waals surface area contributed by atoms with Crippen molar-refractivity contribution in [3.63, 3.8) is 0 Å². The number of carbonyl (C=O) groups excluding carboxylic acids is 1. The van der Waals surface area contributed by atoms with Crippen LogP contribution < -0.4 is 5.32 Å². The summed E-state index contributed by atoms with van der Waals surface area (Å²) < 4.78 is 5.47. The Balaban J connectivity index is 1.49. The SMILES string of the molecule is CC[C@@H](C)NC(=O)c1coc(CN2CCN(Cc3ccccc3[N+](=O)[O-])CC2)n1. The minimum atomic E-state index is -0.330. The molecule has 9 heteroatoms. The molecule has 2 heterocycles. The van der Waals surface area contributed by atoms with E-state index in [4.69, 9.17) is 4.42 Å². The number of nitro groups is 1. The van der Waals surface area contributed by atoms with E-state index in [9.17, 15) is 14.9 Å². The lowest BCUT2D eigenvalue weighted by molar-refractivity contribution is -0.385. The lowest BCUT2D eigenvalue weighted by Gasteiger charge is -2.33. The van der Waals surface area contributed by atoms with Crippen molar-refractivity contribution < 1.29 is 14.1 Å². The number of nitrogens with one attached hydrogen (secondary N) is 1. The average Bonchev–Trinajstić information content (AvgIpc) is 3.18. The number of carbonyl (C=O) groups is 1. The van der Waals surface area contributed by atoms with E-state index in [2.05, 4.69) is 20.1 Å². The van der Waals surface area contributed by atoms with Crippen LogP contribution in [0.1, 0.15) is 42.2 Å². The molecule has 0 unspecified atom stereocenters. The molecule has 1 amide bonds. The monoisotopic (exact) mass is 401 g/mol. The summed E-state index contributed by atoms with van der Waals surface area (Å²) in [5, 5.41) is 14.1. The molecule has 1 fully saturated rings. The van der Waals surface area contributed by atoms with Crippen molar-refractivity contribution >= 4 is 11.6 Å². The van der Waals surface area contributed by atoms with Crippen LogP contribution in [0.4, 0.5) is 5.69 Å². The van der Waals surface area contributed by atoms with Gasteiger partial charge in [0.2, 0.25) is 5.89 Å². The van der Waals surface area contributed by atoms with Gasteiger partial charge in [-0.2, -0.15) is 0 Å². The fraction of sp³-hybridized carbons (Fsp3) is 0.500. The van der Waals surface area contributed by atoms with Gasteiger partial charge in [0.25, 0.3) is 11.6 Å². The van der Waals surface area contributed by atoms with Crippen LogP contribution >= 0.6 is 0 Å². The largest absolute Gasteiger partial charge is 0.447 e. The van der Waals surface area contributed by atoms with Gasteiger partial charge in [-0.1, -0.05) is 25.1 Å². The molecule has 1 saturated heterocycles. The Morgan fingerprint density at radius 1 is 1.24 bits per heavy atom. The number of oxazole rings is 1. The normalized spacial score (nSPS) is 16.5. The zero-order valence-electron chi connectivity index (χ0n) is 16.8. The van der Waals surface area contributed by atoms with Gasteiger partial charge in [0, 0.05) is 50.4 Å². The summed E-state index contributed by atoms with van der Waals surface area (Å²) in [6.07, 6.45) is 2.25. The minimum Gasteiger partial charge on any atom is -0.447 e. The third kappa shape index (κ3) is 5.61. The number of benzene rings is 1. The molecule has 1 aliphatic heterocycles. The van der Waals surface area contributed by atoms with E-state index in [0.717, 1.165) is 38.2 Å². The summed E-state index contributed by atoms with van der Waals surface area (Å²) in [6.45, 7) is 8.26. The van der Waals surface area contributed by atoms with Gasteiger partial charge < -0.3 is 9.73 Å². The molecule has 1 aromatic carbocycles. The van der Waals surface area contributed by atoms with Gasteiger partial charge in [0.1, 0.15) is 6.26 Å². The molecule has 0 aliphatic carbocycles. The van der Waals surface area contributed by atoms with Crippen molar-refractivity contribution in [3.05, 3.63) is 57.8 Å². The van der Waals surface area contributed by atoms with Crippen LogP contribution in [-0.2, 0) is 13.1 Å². The first kappa shape index (κ1) is 20.9. The zero-order valence-corrected chi connectivity index (χ0v) is 16.8. The van der Waals surface area contributed by atoms with E-state index in [-0.39, 0.29) is 22.6 Å². The first-order chi connectivity index (χ1) is 14.0. The van der Waals surface area contributed by atoms with Crippen LogP contribution in [0.2, 0.25) is 0 Å². The molecule has 0 bridgehead atoms. The maximum Gasteiger partial charge on any atom is 0.273 e. The second kappa shape index (κ2) is 9.62. The number of nitrogens with zero attached hydrogens (tertiary/aromatic N) is 4. The van der Waals surface area contributed by atoms with Crippen molar-refractivity contribution in [2.24, 2.45) is 0 Å². The summed E-state index contributed by atoms with van der Waals surface area (Å²) in [6, 6.07) is 6.96. The van der Waals surface area contributed by atoms with E-state index < -0.39 is 0 Å². The molecule has 156 valence electrons. The van der Waals surface area contributed by atoms with Crippen LogP contribution in [0.25, 0.3) is 0 Å². The van der Waals surface area contributed by atoms with E-state index in [0.29, 0.717) is 24.7 Å². The Morgan fingerprint density at radius 2 is 1.90 bits per heavy atom. The molecule has 0 spiro atoms. The second-order valence-corrected chi connectivity index (χ2v) is 7.35. The summed E-state index contributed by atoms with van der Waals surface area (Å²) in [5.74, 6) is 0.301. The van der Waals surface area contributed by atoms with Crippen LogP contribution in [0.5, 0.6) is 0 Å². The average molecular weight is 401 g/mol. The van der Waals surface area contributed by atoms with E-state index in [1.807, 2.05) is 26.0 Å². The summed E-state index contributed by atoms with van der Waals surface area (Å²) >= 11 is 0. The third-order valence-electron chi connectivity index (χ3n) is 5.18. The number of amides is 1. The zero-order chi connectivity index (χ0) is 20.8. The summed E-state index contributed by atoms with van der Waals surface area (Å²) in [5.41, 5.74) is 1.20. The lowest BCUT2D eigenvalue weighted by Crippen LogP contribution is -2.45. The fourth-order valence-corrected chi connectivity index (χ4v) is 3.25. The van der Waals surface area contributed by atoms with Crippen LogP contribution in [-0.4, -0.2) is 57.8 Å². The van der Waals surface area contributed by atoms with Crippen molar-refractivity contribution in [1.29, 1.82) is 0 Å². The predicted octanol–water partition coefficient (Wildman–Crippen LogP) is 2.43. The summed E-state index contributed by atoms with van der Waals surface area (Å²) in [4.78, 5) is 31.7. The summed E-state index contributed by atoms with van der Waals surface area (Å²) in [7, 11) is 0. The lowest BCUT2D eigenvalue weighted by atomic mass is 10.1. The highest BCUT2D eigenvalue weighted by Crippen LogP contribution is 2.20. The van der Waals surface area contributed by atoms with Crippen molar-refractivity contribution in [2.75, 3.05) is 26.2 Å². The predicted molar refractivity (Wildman–Crippen MR) is 107 cm³/mol. The Bertz CT molecular complexity index is 845. The number of hydrogen-bond acceptors (Lipinski definition) is 7. The number of piperazine rings is 1. The van der Waals surface area contributed by atoms with Crippen LogP contribution in [0.15, 0.2) is 34.9 Å². The molecule has 0 radical (unpaired) electrons. The highest BCUT2D eigenvalue weighted by Gasteiger charge is 2.22. The molecule has 1 aliphatic rings. The number of hydrogen-bond donors (Lipinski definition) is 1. The van der Waals surface area contributed by atoms with Crippen molar-refractivity contribution in [2.45, 2.75) is 39.4 Å². The van der Waals surface area contributed by atoms with E-state index in [1.165, 1.54) is 6.26 Å². The van der Waals surface area contributed by atoms with Gasteiger partial charge in [-0.05, 0) is 13.3 Å². The highest BCUT2D eigenvalue weighted by molar-refractivity contribution is 5.92. The van der Waals surface area contributed by atoms with Gasteiger partial charge in [-0.15, -0.1) is 0 Å². The smallest absolute Gasteiger partial charge is 0.273 e.